The highest BCUT2D eigenvalue weighted by molar-refractivity contribution is 7.89. The van der Waals surface area contributed by atoms with Gasteiger partial charge in [0, 0.05) is 26.7 Å². The van der Waals surface area contributed by atoms with E-state index in [0.717, 1.165) is 0 Å². The molecule has 0 aliphatic rings. The Labute approximate surface area is 118 Å². The van der Waals surface area contributed by atoms with E-state index in [9.17, 15) is 18.0 Å². The van der Waals surface area contributed by atoms with Crippen LogP contribution >= 0.6 is 0 Å². The van der Waals surface area contributed by atoms with Crippen molar-refractivity contribution >= 4 is 22.0 Å². The molecule has 0 spiro atoms. The predicted octanol–water partition coefficient (Wildman–Crippen LogP) is -1.29. The van der Waals surface area contributed by atoms with Crippen LogP contribution in [0.5, 0.6) is 0 Å². The summed E-state index contributed by atoms with van der Waals surface area (Å²) in [5.41, 5.74) is 0. The van der Waals surface area contributed by atoms with Gasteiger partial charge in [0.05, 0.1) is 18.3 Å². The number of hydrogen-bond acceptors (Lipinski definition) is 5. The summed E-state index contributed by atoms with van der Waals surface area (Å²) in [6, 6.07) is -0.580. The lowest BCUT2D eigenvalue weighted by Gasteiger charge is -2.14. The fraction of sp³-hybridized carbons (Fsp3) is 0.800. The number of rotatable bonds is 10. The lowest BCUT2D eigenvalue weighted by Crippen LogP contribution is -2.43. The number of nitrogens with one attached hydrogen (secondary N) is 3. The van der Waals surface area contributed by atoms with Crippen molar-refractivity contribution in [3.8, 4) is 0 Å². The highest BCUT2D eigenvalue weighted by Crippen LogP contribution is 1.95. The van der Waals surface area contributed by atoms with E-state index >= 15 is 0 Å². The molecule has 0 aromatic rings. The zero-order valence-electron chi connectivity index (χ0n) is 11.5. The number of sulfonamides is 1. The molecule has 1 atom stereocenters. The Morgan fingerprint density at radius 1 is 1.30 bits per heavy atom. The number of urea groups is 1. The molecule has 0 heterocycles. The Kier molecular flexibility index (Phi) is 8.84. The van der Waals surface area contributed by atoms with E-state index in [1.54, 1.807) is 6.92 Å². The van der Waals surface area contributed by atoms with E-state index in [-0.39, 0.29) is 25.3 Å². The first kappa shape index (κ1) is 18.6. The van der Waals surface area contributed by atoms with E-state index in [4.69, 9.17) is 9.84 Å². The molecule has 0 saturated carbocycles. The van der Waals surface area contributed by atoms with E-state index in [1.807, 2.05) is 0 Å². The van der Waals surface area contributed by atoms with Crippen LogP contribution in [0.3, 0.4) is 0 Å². The Morgan fingerprint density at radius 3 is 2.45 bits per heavy atom. The first-order valence-electron chi connectivity index (χ1n) is 6.04. The minimum Gasteiger partial charge on any atom is -0.481 e. The quantitative estimate of drug-likeness (QED) is 0.397. The molecule has 118 valence electrons. The third-order valence-electron chi connectivity index (χ3n) is 2.25. The maximum absolute atomic E-state index is 11.4. The molecule has 0 fully saturated rings. The van der Waals surface area contributed by atoms with Crippen LogP contribution < -0.4 is 15.4 Å². The number of aliphatic carboxylic acids is 1. The summed E-state index contributed by atoms with van der Waals surface area (Å²) in [6.07, 6.45) is -0.866. The molecular weight excluding hydrogens is 290 g/mol. The molecule has 0 rings (SSSR count). The molecule has 0 radical (unpaired) electrons. The van der Waals surface area contributed by atoms with Gasteiger partial charge in [-0.25, -0.2) is 17.9 Å². The van der Waals surface area contributed by atoms with Crippen molar-refractivity contribution in [3.63, 3.8) is 0 Å². The van der Waals surface area contributed by atoms with Crippen LogP contribution in [0.2, 0.25) is 0 Å². The third-order valence-corrected chi connectivity index (χ3v) is 3.72. The Bertz CT molecular complexity index is 411. The standard InChI is InChI=1S/C10H21N3O6S/c1-3-13-20(17,18)5-4-11-10(16)12-7-8(19-2)6-9(14)15/h8,13H,3-7H2,1-2H3,(H,14,15)(H2,11,12,16). The summed E-state index contributed by atoms with van der Waals surface area (Å²) in [5.74, 6) is -1.26. The average molecular weight is 311 g/mol. The molecule has 0 saturated heterocycles. The minimum atomic E-state index is -3.37. The normalized spacial score (nSPS) is 12.7. The number of ether oxygens (including phenoxy) is 1. The maximum atomic E-state index is 11.4. The summed E-state index contributed by atoms with van der Waals surface area (Å²) >= 11 is 0. The number of hydrogen-bond donors (Lipinski definition) is 4. The van der Waals surface area contributed by atoms with Crippen LogP contribution in [0, 0.1) is 0 Å². The number of carboxylic acid groups (broad SMARTS) is 1. The van der Waals surface area contributed by atoms with Crippen molar-refractivity contribution in [2.75, 3.05) is 32.5 Å². The number of amides is 2. The molecule has 0 aliphatic carbocycles. The summed E-state index contributed by atoms with van der Waals surface area (Å²) in [4.78, 5) is 21.8. The molecule has 0 bridgehead atoms. The van der Waals surface area contributed by atoms with Crippen molar-refractivity contribution in [2.45, 2.75) is 19.4 Å². The monoisotopic (exact) mass is 311 g/mol. The van der Waals surface area contributed by atoms with Gasteiger partial charge >= 0.3 is 12.0 Å². The van der Waals surface area contributed by atoms with E-state index in [0.29, 0.717) is 6.54 Å². The van der Waals surface area contributed by atoms with E-state index in [2.05, 4.69) is 15.4 Å². The molecular formula is C10H21N3O6S. The Hall–Kier alpha value is -1.39. The smallest absolute Gasteiger partial charge is 0.314 e. The van der Waals surface area contributed by atoms with Crippen LogP contribution in [0.25, 0.3) is 0 Å². The molecule has 0 aromatic heterocycles. The lowest BCUT2D eigenvalue weighted by atomic mass is 10.2. The van der Waals surface area contributed by atoms with Crippen LogP contribution in [-0.4, -0.2) is 64.1 Å². The molecule has 10 heteroatoms. The van der Waals surface area contributed by atoms with Gasteiger partial charge in [0.1, 0.15) is 0 Å². The predicted molar refractivity (Wildman–Crippen MR) is 71.9 cm³/mol. The van der Waals surface area contributed by atoms with Crippen LogP contribution in [0.15, 0.2) is 0 Å². The van der Waals surface area contributed by atoms with E-state index in [1.165, 1.54) is 7.11 Å². The van der Waals surface area contributed by atoms with Crippen molar-refractivity contribution < 1.29 is 27.9 Å². The molecule has 4 N–H and O–H groups in total. The molecule has 9 nitrogen and oxygen atoms in total. The average Bonchev–Trinajstić information content (AvgIpc) is 2.33. The van der Waals surface area contributed by atoms with Crippen molar-refractivity contribution in [1.82, 2.24) is 15.4 Å². The highest BCUT2D eigenvalue weighted by Gasteiger charge is 2.14. The van der Waals surface area contributed by atoms with Crippen LogP contribution in [0.1, 0.15) is 13.3 Å². The largest absolute Gasteiger partial charge is 0.481 e. The van der Waals surface area contributed by atoms with Gasteiger partial charge < -0.3 is 20.5 Å². The topological polar surface area (TPSA) is 134 Å². The van der Waals surface area contributed by atoms with Gasteiger partial charge in [0.25, 0.3) is 0 Å². The zero-order valence-corrected chi connectivity index (χ0v) is 12.3. The number of methoxy groups -OCH3 is 1. The zero-order chi connectivity index (χ0) is 15.6. The van der Waals surface area contributed by atoms with Gasteiger partial charge in [-0.05, 0) is 0 Å². The number of carboxylic acids is 1. The van der Waals surface area contributed by atoms with Gasteiger partial charge in [0.2, 0.25) is 10.0 Å². The summed E-state index contributed by atoms with van der Waals surface area (Å²) in [5, 5.41) is 13.3. The molecule has 0 aliphatic heterocycles. The fourth-order valence-corrected chi connectivity index (χ4v) is 2.25. The van der Waals surface area contributed by atoms with Crippen molar-refractivity contribution in [2.24, 2.45) is 0 Å². The van der Waals surface area contributed by atoms with Gasteiger partial charge in [-0.2, -0.15) is 0 Å². The highest BCUT2D eigenvalue weighted by atomic mass is 32.2. The maximum Gasteiger partial charge on any atom is 0.314 e. The van der Waals surface area contributed by atoms with E-state index < -0.39 is 28.1 Å². The van der Waals surface area contributed by atoms with Gasteiger partial charge in [-0.15, -0.1) is 0 Å². The SMILES string of the molecule is CCNS(=O)(=O)CCNC(=O)NCC(CC(=O)O)OC. The van der Waals surface area contributed by atoms with Crippen LogP contribution in [-0.2, 0) is 19.6 Å². The Morgan fingerprint density at radius 2 is 1.95 bits per heavy atom. The summed E-state index contributed by atoms with van der Waals surface area (Å²) in [6.45, 7) is 1.93. The van der Waals surface area contributed by atoms with Crippen molar-refractivity contribution in [1.29, 1.82) is 0 Å². The second-order valence-electron chi connectivity index (χ2n) is 3.91. The molecule has 1 unspecified atom stereocenters. The molecule has 2 amide bonds. The third kappa shape index (κ3) is 9.53. The second-order valence-corrected chi connectivity index (χ2v) is 5.84. The summed E-state index contributed by atoms with van der Waals surface area (Å²) in [7, 11) is -2.03. The summed E-state index contributed by atoms with van der Waals surface area (Å²) < 4.78 is 29.7. The molecule has 0 aromatic carbocycles. The second kappa shape index (κ2) is 9.50. The molecule has 20 heavy (non-hydrogen) atoms. The van der Waals surface area contributed by atoms with Gasteiger partial charge in [-0.3, -0.25) is 4.79 Å². The lowest BCUT2D eigenvalue weighted by molar-refractivity contribution is -0.139. The number of carbonyl (C=O) groups excluding carboxylic acids is 1. The van der Waals surface area contributed by atoms with Crippen LogP contribution in [0.4, 0.5) is 4.79 Å². The first-order chi connectivity index (χ1) is 9.30. The Balaban J connectivity index is 3.91. The fourth-order valence-electron chi connectivity index (χ4n) is 1.29. The minimum absolute atomic E-state index is 0.0224. The number of carbonyl (C=O) groups is 2. The van der Waals surface area contributed by atoms with Gasteiger partial charge in [-0.1, -0.05) is 6.92 Å². The van der Waals surface area contributed by atoms with Gasteiger partial charge in [0.15, 0.2) is 0 Å². The first-order valence-corrected chi connectivity index (χ1v) is 7.69. The van der Waals surface area contributed by atoms with Crippen molar-refractivity contribution in [3.05, 3.63) is 0 Å².